The van der Waals surface area contributed by atoms with E-state index in [0.717, 1.165) is 0 Å². The predicted octanol–water partition coefficient (Wildman–Crippen LogP) is 2.42. The molecule has 1 fully saturated rings. The summed E-state index contributed by atoms with van der Waals surface area (Å²) in [6.45, 7) is 3.44. The van der Waals surface area contributed by atoms with Crippen molar-refractivity contribution in [1.29, 1.82) is 0 Å². The Morgan fingerprint density at radius 3 is 2.41 bits per heavy atom. The first-order valence-electron chi connectivity index (χ1n) is 6.61. The van der Waals surface area contributed by atoms with Crippen LogP contribution in [0.4, 0.5) is 5.69 Å². The molecule has 1 amide bonds. The van der Waals surface area contributed by atoms with Crippen LogP contribution in [0.2, 0.25) is 5.02 Å². The SMILES string of the molecule is COC(=O)c1cc(Cl)ccc1NC(=O)[C@H]1[C@H](C(=O)O)C1(C)C. The van der Waals surface area contributed by atoms with Gasteiger partial charge < -0.3 is 15.2 Å². The number of nitrogens with one attached hydrogen (secondary N) is 1. The van der Waals surface area contributed by atoms with Crippen molar-refractivity contribution in [2.24, 2.45) is 17.3 Å². The molecule has 7 heteroatoms. The number of carbonyl (C=O) groups excluding carboxylic acids is 2. The largest absolute Gasteiger partial charge is 0.481 e. The van der Waals surface area contributed by atoms with E-state index in [1.807, 2.05) is 0 Å². The molecule has 1 saturated carbocycles. The Hall–Kier alpha value is -2.08. The number of benzene rings is 1. The number of carboxylic acids is 1. The van der Waals surface area contributed by atoms with E-state index in [-0.39, 0.29) is 11.3 Å². The molecule has 118 valence electrons. The molecule has 0 radical (unpaired) electrons. The van der Waals surface area contributed by atoms with Crippen LogP contribution in [0.3, 0.4) is 0 Å². The Morgan fingerprint density at radius 1 is 1.27 bits per heavy atom. The highest BCUT2D eigenvalue weighted by atomic mass is 35.5. The number of aliphatic carboxylic acids is 1. The molecule has 0 aromatic heterocycles. The Morgan fingerprint density at radius 2 is 1.91 bits per heavy atom. The number of methoxy groups -OCH3 is 1. The standard InChI is InChI=1S/C15H16ClNO5/c1-15(2)10(11(15)13(19)20)12(18)17-9-5-4-7(16)6-8(9)14(21)22-3/h4-6,10-11H,1-3H3,(H,17,18)(H,19,20)/t10-,11-/m1/s1. The summed E-state index contributed by atoms with van der Waals surface area (Å²) < 4.78 is 4.65. The number of carboxylic acid groups (broad SMARTS) is 1. The number of amides is 1. The van der Waals surface area contributed by atoms with Gasteiger partial charge in [0.25, 0.3) is 0 Å². The van der Waals surface area contributed by atoms with Gasteiger partial charge in [0.1, 0.15) is 0 Å². The van der Waals surface area contributed by atoms with Crippen molar-refractivity contribution in [3.8, 4) is 0 Å². The minimum absolute atomic E-state index is 0.119. The van der Waals surface area contributed by atoms with Crippen LogP contribution in [-0.4, -0.2) is 30.1 Å². The Labute approximate surface area is 132 Å². The molecule has 1 aliphatic carbocycles. The number of hydrogen-bond acceptors (Lipinski definition) is 4. The maximum atomic E-state index is 12.3. The van der Waals surface area contributed by atoms with Crippen LogP contribution < -0.4 is 5.32 Å². The van der Waals surface area contributed by atoms with Crippen molar-refractivity contribution in [3.05, 3.63) is 28.8 Å². The van der Waals surface area contributed by atoms with Gasteiger partial charge in [-0.2, -0.15) is 0 Å². The maximum Gasteiger partial charge on any atom is 0.340 e. The fraction of sp³-hybridized carbons (Fsp3) is 0.400. The van der Waals surface area contributed by atoms with Gasteiger partial charge in [0, 0.05) is 5.02 Å². The molecule has 1 aromatic rings. The van der Waals surface area contributed by atoms with E-state index in [1.54, 1.807) is 13.8 Å². The van der Waals surface area contributed by atoms with Gasteiger partial charge in [0.05, 0.1) is 30.2 Å². The fourth-order valence-corrected chi connectivity index (χ4v) is 2.87. The zero-order valence-corrected chi connectivity index (χ0v) is 13.1. The molecule has 0 heterocycles. The first-order valence-corrected chi connectivity index (χ1v) is 6.99. The van der Waals surface area contributed by atoms with E-state index < -0.39 is 35.1 Å². The van der Waals surface area contributed by atoms with Gasteiger partial charge >= 0.3 is 11.9 Å². The molecule has 2 N–H and O–H groups in total. The monoisotopic (exact) mass is 325 g/mol. The van der Waals surface area contributed by atoms with Gasteiger partial charge in [-0.05, 0) is 23.6 Å². The highest BCUT2D eigenvalue weighted by Gasteiger charge is 2.65. The summed E-state index contributed by atoms with van der Waals surface area (Å²) in [6, 6.07) is 4.39. The smallest absolute Gasteiger partial charge is 0.340 e. The average molecular weight is 326 g/mol. The Balaban J connectivity index is 2.23. The number of halogens is 1. The van der Waals surface area contributed by atoms with Crippen molar-refractivity contribution in [1.82, 2.24) is 0 Å². The van der Waals surface area contributed by atoms with Crippen LogP contribution in [0.5, 0.6) is 0 Å². The third-order valence-electron chi connectivity index (χ3n) is 4.02. The zero-order chi connectivity index (χ0) is 16.7. The molecule has 1 aromatic carbocycles. The molecule has 0 saturated heterocycles. The van der Waals surface area contributed by atoms with E-state index in [2.05, 4.69) is 10.1 Å². The van der Waals surface area contributed by atoms with Crippen LogP contribution in [0.15, 0.2) is 18.2 Å². The highest BCUT2D eigenvalue weighted by Crippen LogP contribution is 2.58. The molecule has 0 unspecified atom stereocenters. The molecule has 0 spiro atoms. The molecule has 2 rings (SSSR count). The molecule has 0 aliphatic heterocycles. The quantitative estimate of drug-likeness (QED) is 0.829. The van der Waals surface area contributed by atoms with E-state index in [0.29, 0.717) is 5.02 Å². The summed E-state index contributed by atoms with van der Waals surface area (Å²) in [5, 5.41) is 12.0. The summed E-state index contributed by atoms with van der Waals surface area (Å²) in [6.07, 6.45) is 0. The van der Waals surface area contributed by atoms with Crippen molar-refractivity contribution >= 4 is 35.1 Å². The number of hydrogen-bond donors (Lipinski definition) is 2. The third-order valence-corrected chi connectivity index (χ3v) is 4.26. The normalized spacial score (nSPS) is 21.8. The first kappa shape index (κ1) is 16.3. The number of ether oxygens (including phenoxy) is 1. The highest BCUT2D eigenvalue weighted by molar-refractivity contribution is 6.31. The Kier molecular flexibility index (Phi) is 4.15. The number of carbonyl (C=O) groups is 3. The van der Waals surface area contributed by atoms with Crippen molar-refractivity contribution < 1.29 is 24.2 Å². The molecule has 1 aliphatic rings. The average Bonchev–Trinajstić information content (AvgIpc) is 3.03. The lowest BCUT2D eigenvalue weighted by molar-refractivity contribution is -0.140. The number of rotatable bonds is 4. The van der Waals surface area contributed by atoms with Gasteiger partial charge in [0.15, 0.2) is 0 Å². The second kappa shape index (κ2) is 5.61. The van der Waals surface area contributed by atoms with Gasteiger partial charge in [-0.3, -0.25) is 9.59 Å². The third kappa shape index (κ3) is 2.78. The topological polar surface area (TPSA) is 92.7 Å². The predicted molar refractivity (Wildman–Crippen MR) is 79.8 cm³/mol. The maximum absolute atomic E-state index is 12.3. The van der Waals surface area contributed by atoms with Gasteiger partial charge in [-0.25, -0.2) is 4.79 Å². The van der Waals surface area contributed by atoms with Crippen LogP contribution in [-0.2, 0) is 14.3 Å². The summed E-state index contributed by atoms with van der Waals surface area (Å²) in [5.74, 6) is -3.46. The number of esters is 1. The van der Waals surface area contributed by atoms with Gasteiger partial charge in [-0.15, -0.1) is 0 Å². The molecule has 6 nitrogen and oxygen atoms in total. The number of anilines is 1. The lowest BCUT2D eigenvalue weighted by Gasteiger charge is -2.10. The molecule has 0 bridgehead atoms. The molecule has 22 heavy (non-hydrogen) atoms. The summed E-state index contributed by atoms with van der Waals surface area (Å²) in [4.78, 5) is 35.2. The minimum atomic E-state index is -1.01. The van der Waals surface area contributed by atoms with Gasteiger partial charge in [0.2, 0.25) is 5.91 Å². The summed E-state index contributed by atoms with van der Waals surface area (Å²) in [7, 11) is 1.22. The van der Waals surface area contributed by atoms with Crippen LogP contribution in [0.25, 0.3) is 0 Å². The van der Waals surface area contributed by atoms with E-state index in [1.165, 1.54) is 25.3 Å². The lowest BCUT2D eigenvalue weighted by Crippen LogP contribution is -2.19. The lowest BCUT2D eigenvalue weighted by atomic mass is 10.1. The van der Waals surface area contributed by atoms with Gasteiger partial charge in [-0.1, -0.05) is 25.4 Å². The molecular weight excluding hydrogens is 310 g/mol. The summed E-state index contributed by atoms with van der Waals surface area (Å²) in [5.41, 5.74) is -0.255. The first-order chi connectivity index (χ1) is 10.2. The second-order valence-electron chi connectivity index (χ2n) is 5.79. The Bertz CT molecular complexity index is 655. The van der Waals surface area contributed by atoms with Crippen molar-refractivity contribution in [2.75, 3.05) is 12.4 Å². The molecule has 2 atom stereocenters. The fourth-order valence-electron chi connectivity index (χ4n) is 2.70. The van der Waals surface area contributed by atoms with Crippen LogP contribution >= 0.6 is 11.6 Å². The van der Waals surface area contributed by atoms with E-state index in [4.69, 9.17) is 16.7 Å². The minimum Gasteiger partial charge on any atom is -0.481 e. The van der Waals surface area contributed by atoms with Crippen LogP contribution in [0.1, 0.15) is 24.2 Å². The second-order valence-corrected chi connectivity index (χ2v) is 6.22. The van der Waals surface area contributed by atoms with Crippen molar-refractivity contribution in [3.63, 3.8) is 0 Å². The van der Waals surface area contributed by atoms with Crippen LogP contribution in [0, 0.1) is 17.3 Å². The summed E-state index contributed by atoms with van der Waals surface area (Å²) >= 11 is 5.84. The zero-order valence-electron chi connectivity index (χ0n) is 12.3. The molecular formula is C15H16ClNO5. The van der Waals surface area contributed by atoms with E-state index >= 15 is 0 Å². The van der Waals surface area contributed by atoms with Crippen molar-refractivity contribution in [2.45, 2.75) is 13.8 Å². The van der Waals surface area contributed by atoms with E-state index in [9.17, 15) is 14.4 Å².